The Morgan fingerprint density at radius 2 is 1.97 bits per heavy atom. The summed E-state index contributed by atoms with van der Waals surface area (Å²) >= 11 is 12.2. The summed E-state index contributed by atoms with van der Waals surface area (Å²) < 4.78 is 7.65. The second kappa shape index (κ2) is 10.1. The van der Waals surface area contributed by atoms with Gasteiger partial charge < -0.3 is 19.5 Å². The van der Waals surface area contributed by atoms with Gasteiger partial charge in [-0.3, -0.25) is 9.59 Å². The molecule has 2 heterocycles. The van der Waals surface area contributed by atoms with Crippen LogP contribution in [0.2, 0.25) is 10.0 Å². The van der Waals surface area contributed by atoms with Gasteiger partial charge in [-0.25, -0.2) is 4.98 Å². The first-order chi connectivity index (χ1) is 15.5. The molecule has 1 N–H and O–H groups in total. The molecule has 166 valence electrons. The topological polar surface area (TPSA) is 76.5 Å². The van der Waals surface area contributed by atoms with Crippen LogP contribution >= 0.6 is 23.2 Å². The van der Waals surface area contributed by atoms with Crippen molar-refractivity contribution in [2.75, 3.05) is 18.5 Å². The van der Waals surface area contributed by atoms with E-state index in [4.69, 9.17) is 27.9 Å². The Kier molecular flexibility index (Phi) is 6.97. The van der Waals surface area contributed by atoms with E-state index in [1.54, 1.807) is 53.8 Å². The molecule has 1 atom stereocenters. The van der Waals surface area contributed by atoms with Gasteiger partial charge in [0.2, 0.25) is 5.91 Å². The zero-order chi connectivity index (χ0) is 22.5. The average molecular weight is 473 g/mol. The number of carbonyl (C=O) groups excluding carboxylic acids is 2. The zero-order valence-corrected chi connectivity index (χ0v) is 18.7. The Labute approximate surface area is 195 Å². The molecule has 0 radical (unpaired) electrons. The lowest BCUT2D eigenvalue weighted by molar-refractivity contribution is -0.119. The molecule has 2 aromatic carbocycles. The van der Waals surface area contributed by atoms with Gasteiger partial charge in [-0.05, 0) is 55.3 Å². The average Bonchev–Trinajstić information content (AvgIpc) is 3.48. The summed E-state index contributed by atoms with van der Waals surface area (Å²) in [5.41, 5.74) is 0.938. The number of anilines is 1. The van der Waals surface area contributed by atoms with Crippen molar-refractivity contribution in [3.63, 3.8) is 0 Å². The van der Waals surface area contributed by atoms with E-state index >= 15 is 0 Å². The van der Waals surface area contributed by atoms with Crippen LogP contribution in [0.3, 0.4) is 0 Å². The lowest BCUT2D eigenvalue weighted by atomic mass is 10.1. The van der Waals surface area contributed by atoms with Gasteiger partial charge in [0, 0.05) is 29.6 Å². The van der Waals surface area contributed by atoms with Crippen LogP contribution in [0.1, 0.15) is 23.2 Å². The second-order valence-corrected chi connectivity index (χ2v) is 8.29. The van der Waals surface area contributed by atoms with Crippen molar-refractivity contribution in [1.82, 2.24) is 14.5 Å². The van der Waals surface area contributed by atoms with E-state index in [0.717, 1.165) is 6.42 Å². The van der Waals surface area contributed by atoms with Gasteiger partial charge >= 0.3 is 0 Å². The number of hydrogen-bond donors (Lipinski definition) is 1. The van der Waals surface area contributed by atoms with Crippen LogP contribution in [0.5, 0.6) is 5.75 Å². The van der Waals surface area contributed by atoms with Gasteiger partial charge in [-0.1, -0.05) is 23.2 Å². The standard InChI is InChI=1S/C23H22Cl2N4O3/c24-16-3-8-20(25)19(14-16)23(31)29-10-1-2-21(29)22(30)27-17-4-6-18(7-5-17)32-13-12-28-11-9-26-15-28/h3-9,11,14-15,21H,1-2,10,12-13H2,(H,27,30). The summed E-state index contributed by atoms with van der Waals surface area (Å²) in [5, 5.41) is 3.63. The van der Waals surface area contributed by atoms with Crippen LogP contribution in [0, 0.1) is 0 Å². The molecule has 0 aliphatic carbocycles. The minimum Gasteiger partial charge on any atom is -0.492 e. The predicted molar refractivity (Wildman–Crippen MR) is 123 cm³/mol. The summed E-state index contributed by atoms with van der Waals surface area (Å²) in [7, 11) is 0. The largest absolute Gasteiger partial charge is 0.492 e. The first kappa shape index (κ1) is 22.2. The van der Waals surface area contributed by atoms with E-state index in [0.29, 0.717) is 53.2 Å². The molecule has 2 amide bonds. The number of rotatable bonds is 7. The lowest BCUT2D eigenvalue weighted by Gasteiger charge is -2.24. The van der Waals surface area contributed by atoms with Crippen LogP contribution in [0.4, 0.5) is 5.69 Å². The maximum absolute atomic E-state index is 13.0. The summed E-state index contributed by atoms with van der Waals surface area (Å²) in [6, 6.07) is 11.3. The van der Waals surface area contributed by atoms with Crippen molar-refractivity contribution in [3.8, 4) is 5.75 Å². The molecule has 7 nitrogen and oxygen atoms in total. The van der Waals surface area contributed by atoms with Crippen molar-refractivity contribution >= 4 is 40.7 Å². The number of nitrogens with one attached hydrogen (secondary N) is 1. The van der Waals surface area contributed by atoms with Gasteiger partial charge in [0.15, 0.2) is 0 Å². The number of aromatic nitrogens is 2. The highest BCUT2D eigenvalue weighted by atomic mass is 35.5. The van der Waals surface area contributed by atoms with Gasteiger partial charge in [0.1, 0.15) is 18.4 Å². The van der Waals surface area contributed by atoms with Crippen LogP contribution in [-0.4, -0.2) is 45.5 Å². The number of imidazole rings is 1. The quantitative estimate of drug-likeness (QED) is 0.548. The molecule has 1 aliphatic heterocycles. The van der Waals surface area contributed by atoms with E-state index in [2.05, 4.69) is 10.3 Å². The molecular weight excluding hydrogens is 451 g/mol. The van der Waals surface area contributed by atoms with Gasteiger partial charge in [0.05, 0.1) is 23.5 Å². The first-order valence-electron chi connectivity index (χ1n) is 10.3. The molecule has 1 aliphatic rings. The Hall–Kier alpha value is -3.03. The maximum atomic E-state index is 13.0. The molecule has 3 aromatic rings. The summed E-state index contributed by atoms with van der Waals surface area (Å²) in [6.45, 7) is 1.69. The monoisotopic (exact) mass is 472 g/mol. The van der Waals surface area contributed by atoms with E-state index in [1.807, 2.05) is 10.8 Å². The number of carbonyl (C=O) groups is 2. The fourth-order valence-electron chi connectivity index (χ4n) is 3.65. The number of amides is 2. The molecule has 1 saturated heterocycles. The fraction of sp³-hybridized carbons (Fsp3) is 0.261. The molecule has 1 unspecified atom stereocenters. The maximum Gasteiger partial charge on any atom is 0.256 e. The van der Waals surface area contributed by atoms with Crippen molar-refractivity contribution in [2.24, 2.45) is 0 Å². The van der Waals surface area contributed by atoms with Crippen LogP contribution in [0.15, 0.2) is 61.2 Å². The van der Waals surface area contributed by atoms with Crippen molar-refractivity contribution in [2.45, 2.75) is 25.4 Å². The van der Waals surface area contributed by atoms with E-state index in [9.17, 15) is 9.59 Å². The highest BCUT2D eigenvalue weighted by molar-refractivity contribution is 6.35. The third-order valence-electron chi connectivity index (χ3n) is 5.27. The minimum absolute atomic E-state index is 0.234. The van der Waals surface area contributed by atoms with Crippen LogP contribution < -0.4 is 10.1 Å². The Morgan fingerprint density at radius 3 is 2.72 bits per heavy atom. The highest BCUT2D eigenvalue weighted by Crippen LogP contribution is 2.27. The molecular formula is C23H22Cl2N4O3. The van der Waals surface area contributed by atoms with Gasteiger partial charge in [0.25, 0.3) is 5.91 Å². The van der Waals surface area contributed by atoms with Crippen LogP contribution in [0.25, 0.3) is 0 Å². The molecule has 0 spiro atoms. The van der Waals surface area contributed by atoms with Crippen LogP contribution in [-0.2, 0) is 11.3 Å². The molecule has 1 fully saturated rings. The van der Waals surface area contributed by atoms with Gasteiger partial charge in [-0.2, -0.15) is 0 Å². The minimum atomic E-state index is -0.566. The predicted octanol–water partition coefficient (Wildman–Crippen LogP) is 4.51. The van der Waals surface area contributed by atoms with E-state index in [1.165, 1.54) is 6.07 Å². The second-order valence-electron chi connectivity index (χ2n) is 7.44. The van der Waals surface area contributed by atoms with Crippen molar-refractivity contribution in [1.29, 1.82) is 0 Å². The molecule has 4 rings (SSSR count). The summed E-state index contributed by atoms with van der Waals surface area (Å²) in [5.74, 6) is 0.177. The van der Waals surface area contributed by atoms with Crippen molar-refractivity contribution < 1.29 is 14.3 Å². The smallest absolute Gasteiger partial charge is 0.256 e. The number of nitrogens with zero attached hydrogens (tertiary/aromatic N) is 3. The fourth-order valence-corrected chi connectivity index (χ4v) is 4.02. The summed E-state index contributed by atoms with van der Waals surface area (Å²) in [6.07, 6.45) is 6.66. The number of halogens is 2. The zero-order valence-electron chi connectivity index (χ0n) is 17.2. The van der Waals surface area contributed by atoms with Crippen molar-refractivity contribution in [3.05, 3.63) is 76.8 Å². The molecule has 1 aromatic heterocycles. The third kappa shape index (κ3) is 5.23. The normalized spacial score (nSPS) is 15.6. The van der Waals surface area contributed by atoms with E-state index < -0.39 is 6.04 Å². The number of likely N-dealkylation sites (tertiary alicyclic amines) is 1. The Balaban J connectivity index is 1.35. The number of ether oxygens (including phenoxy) is 1. The summed E-state index contributed by atoms with van der Waals surface area (Å²) in [4.78, 5) is 31.4. The Bertz CT molecular complexity index is 1090. The SMILES string of the molecule is O=C(Nc1ccc(OCCn2ccnc2)cc1)C1CCCN1C(=O)c1cc(Cl)ccc1Cl. The third-order valence-corrected chi connectivity index (χ3v) is 5.84. The molecule has 9 heteroatoms. The molecule has 0 saturated carbocycles. The molecule has 32 heavy (non-hydrogen) atoms. The first-order valence-corrected chi connectivity index (χ1v) is 11.0. The number of benzene rings is 2. The van der Waals surface area contributed by atoms with Gasteiger partial charge in [-0.15, -0.1) is 0 Å². The molecule has 0 bridgehead atoms. The number of hydrogen-bond acceptors (Lipinski definition) is 4. The lowest BCUT2D eigenvalue weighted by Crippen LogP contribution is -2.43. The highest BCUT2D eigenvalue weighted by Gasteiger charge is 2.35. The Morgan fingerprint density at radius 1 is 1.16 bits per heavy atom. The van der Waals surface area contributed by atoms with E-state index in [-0.39, 0.29) is 11.8 Å².